The van der Waals surface area contributed by atoms with Gasteiger partial charge in [0.2, 0.25) is 0 Å². The van der Waals surface area contributed by atoms with Gasteiger partial charge in [0.05, 0.1) is 19.1 Å². The maximum Gasteiger partial charge on any atom is 0.311 e. The Morgan fingerprint density at radius 2 is 2.00 bits per heavy atom. The van der Waals surface area contributed by atoms with Crippen LogP contribution in [-0.2, 0) is 16.0 Å². The van der Waals surface area contributed by atoms with Crippen LogP contribution in [0.5, 0.6) is 5.75 Å². The molecule has 2 aromatic carbocycles. The Balaban J connectivity index is 0.00000256. The van der Waals surface area contributed by atoms with E-state index in [9.17, 15) is 9.90 Å². The Labute approximate surface area is 179 Å². The van der Waals surface area contributed by atoms with Gasteiger partial charge in [-0.15, -0.1) is 12.4 Å². The Kier molecular flexibility index (Phi) is 6.64. The molecular weight excluding hydrogens is 408 g/mol. The molecule has 1 fully saturated rings. The number of nitrogen functional groups attached to an aromatic ring is 1. The number of fused-ring (bicyclic) bond motifs is 1. The molecule has 4 N–H and O–H groups in total. The van der Waals surface area contributed by atoms with Crippen LogP contribution in [-0.4, -0.2) is 36.2 Å². The molecule has 7 nitrogen and oxygen atoms in total. The van der Waals surface area contributed by atoms with Gasteiger partial charge in [-0.3, -0.25) is 10.2 Å². The first-order chi connectivity index (χ1) is 14.0. The molecule has 0 saturated carbocycles. The minimum atomic E-state index is -0.923. The number of amidine groups is 1. The number of halogens is 1. The lowest BCUT2D eigenvalue weighted by Crippen LogP contribution is -2.16. The first-order valence-corrected chi connectivity index (χ1v) is 9.43. The predicted octanol–water partition coefficient (Wildman–Crippen LogP) is 3.72. The summed E-state index contributed by atoms with van der Waals surface area (Å²) in [6, 6.07) is 14.2. The van der Waals surface area contributed by atoms with E-state index in [4.69, 9.17) is 25.0 Å². The molecule has 30 heavy (non-hydrogen) atoms. The van der Waals surface area contributed by atoms with Gasteiger partial charge in [0.15, 0.2) is 0 Å². The number of carbonyl (C=O) groups is 1. The predicted molar refractivity (Wildman–Crippen MR) is 115 cm³/mol. The number of benzene rings is 2. The molecule has 1 aromatic heterocycles. The van der Waals surface area contributed by atoms with Crippen molar-refractivity contribution < 1.29 is 23.8 Å². The second-order valence-corrected chi connectivity index (χ2v) is 7.15. The van der Waals surface area contributed by atoms with Crippen LogP contribution in [0.3, 0.4) is 0 Å². The minimum Gasteiger partial charge on any atom is -0.488 e. The Morgan fingerprint density at radius 3 is 2.63 bits per heavy atom. The molecule has 3 aromatic rings. The van der Waals surface area contributed by atoms with Gasteiger partial charge >= 0.3 is 5.97 Å². The highest BCUT2D eigenvalue weighted by atomic mass is 35.5. The van der Waals surface area contributed by atoms with Crippen LogP contribution >= 0.6 is 12.4 Å². The number of ether oxygens (including phenoxy) is 2. The fraction of sp³-hybridized carbons (Fsp3) is 0.273. The largest absolute Gasteiger partial charge is 0.488 e. The van der Waals surface area contributed by atoms with E-state index in [2.05, 4.69) is 0 Å². The van der Waals surface area contributed by atoms with Crippen LogP contribution in [0.1, 0.15) is 29.2 Å². The van der Waals surface area contributed by atoms with Crippen LogP contribution in [0.25, 0.3) is 11.0 Å². The lowest BCUT2D eigenvalue weighted by molar-refractivity contribution is -0.138. The van der Waals surface area contributed by atoms with E-state index in [0.29, 0.717) is 41.4 Å². The van der Waals surface area contributed by atoms with Gasteiger partial charge in [0, 0.05) is 23.8 Å². The SMILES string of the molecule is Cl.N=C(N)c1ccc2oc(CC(C(=O)O)c3ccc(OC4CCOC4)cc3)cc2c1. The third-order valence-corrected chi connectivity index (χ3v) is 5.05. The molecule has 8 heteroatoms. The summed E-state index contributed by atoms with van der Waals surface area (Å²) in [5, 5.41) is 18.1. The molecular formula is C22H23ClN2O5. The highest BCUT2D eigenvalue weighted by molar-refractivity contribution is 5.98. The average Bonchev–Trinajstić information content (AvgIpc) is 3.35. The summed E-state index contributed by atoms with van der Waals surface area (Å²) in [4.78, 5) is 11.9. The molecule has 0 aliphatic carbocycles. The molecule has 1 aliphatic heterocycles. The average molecular weight is 431 g/mol. The summed E-state index contributed by atoms with van der Waals surface area (Å²) >= 11 is 0. The van der Waals surface area contributed by atoms with E-state index < -0.39 is 11.9 Å². The molecule has 2 unspecified atom stereocenters. The fourth-order valence-corrected chi connectivity index (χ4v) is 3.49. The quantitative estimate of drug-likeness (QED) is 0.388. The van der Waals surface area contributed by atoms with E-state index in [-0.39, 0.29) is 30.8 Å². The van der Waals surface area contributed by atoms with Crippen LogP contribution in [0.2, 0.25) is 0 Å². The summed E-state index contributed by atoms with van der Waals surface area (Å²) in [5.74, 6) is -0.422. The van der Waals surface area contributed by atoms with Gasteiger partial charge in [-0.1, -0.05) is 12.1 Å². The van der Waals surface area contributed by atoms with Crippen molar-refractivity contribution in [2.24, 2.45) is 5.73 Å². The highest BCUT2D eigenvalue weighted by Gasteiger charge is 2.23. The lowest BCUT2D eigenvalue weighted by Gasteiger charge is -2.14. The van der Waals surface area contributed by atoms with Crippen molar-refractivity contribution in [1.82, 2.24) is 0 Å². The van der Waals surface area contributed by atoms with Crippen molar-refractivity contribution >= 4 is 35.2 Å². The van der Waals surface area contributed by atoms with Crippen LogP contribution in [0, 0.1) is 5.41 Å². The fourth-order valence-electron chi connectivity index (χ4n) is 3.49. The maximum absolute atomic E-state index is 11.9. The highest BCUT2D eigenvalue weighted by Crippen LogP contribution is 2.28. The third kappa shape index (κ3) is 4.75. The number of hydrogen-bond donors (Lipinski definition) is 3. The van der Waals surface area contributed by atoms with Crippen molar-refractivity contribution in [1.29, 1.82) is 5.41 Å². The van der Waals surface area contributed by atoms with Crippen molar-refractivity contribution in [2.75, 3.05) is 13.2 Å². The van der Waals surface area contributed by atoms with E-state index in [0.717, 1.165) is 11.8 Å². The molecule has 0 spiro atoms. The summed E-state index contributed by atoms with van der Waals surface area (Å²) in [7, 11) is 0. The Hall–Kier alpha value is -3.03. The van der Waals surface area contributed by atoms with Crippen LogP contribution in [0.4, 0.5) is 0 Å². The smallest absolute Gasteiger partial charge is 0.311 e. The number of carboxylic acid groups (broad SMARTS) is 1. The number of furan rings is 1. The normalized spacial score (nSPS) is 16.7. The monoisotopic (exact) mass is 430 g/mol. The van der Waals surface area contributed by atoms with Crippen molar-refractivity contribution in [2.45, 2.75) is 24.9 Å². The molecule has 1 saturated heterocycles. The Bertz CT molecular complexity index is 1040. The first-order valence-electron chi connectivity index (χ1n) is 9.43. The van der Waals surface area contributed by atoms with Gasteiger partial charge in [-0.05, 0) is 42.0 Å². The zero-order valence-corrected chi connectivity index (χ0v) is 17.0. The van der Waals surface area contributed by atoms with E-state index >= 15 is 0 Å². The van der Waals surface area contributed by atoms with Crippen molar-refractivity contribution in [3.8, 4) is 5.75 Å². The summed E-state index contributed by atoms with van der Waals surface area (Å²) in [6.07, 6.45) is 1.12. The number of nitrogens with two attached hydrogens (primary N) is 1. The third-order valence-electron chi connectivity index (χ3n) is 5.05. The zero-order valence-electron chi connectivity index (χ0n) is 16.2. The number of carboxylic acids is 1. The molecule has 0 bridgehead atoms. The van der Waals surface area contributed by atoms with Gasteiger partial charge < -0.3 is 24.7 Å². The summed E-state index contributed by atoms with van der Waals surface area (Å²) in [6.45, 7) is 1.28. The standard InChI is InChI=1S/C22H22N2O5.ClH/c23-21(24)14-3-6-20-15(9-14)10-18(29-20)11-19(22(25)26)13-1-4-16(5-2-13)28-17-7-8-27-12-17;/h1-6,9-10,17,19H,7-8,11-12H2,(H3,23,24)(H,25,26);1H. The van der Waals surface area contributed by atoms with Gasteiger partial charge in [-0.25, -0.2) is 0 Å². The number of nitrogens with one attached hydrogen (secondary N) is 1. The second kappa shape index (κ2) is 9.19. The first kappa shape index (κ1) is 21.7. The molecule has 2 atom stereocenters. The van der Waals surface area contributed by atoms with Crippen molar-refractivity contribution in [3.05, 3.63) is 65.4 Å². The summed E-state index contributed by atoms with van der Waals surface area (Å²) < 4.78 is 16.9. The molecule has 4 rings (SSSR count). The maximum atomic E-state index is 11.9. The Morgan fingerprint density at radius 1 is 1.23 bits per heavy atom. The van der Waals surface area contributed by atoms with Crippen LogP contribution < -0.4 is 10.5 Å². The van der Waals surface area contributed by atoms with E-state index in [1.54, 1.807) is 48.5 Å². The number of aliphatic carboxylic acids is 1. The van der Waals surface area contributed by atoms with E-state index in [1.807, 2.05) is 0 Å². The molecule has 0 amide bonds. The minimum absolute atomic E-state index is 0. The summed E-state index contributed by atoms with van der Waals surface area (Å²) in [5.41, 5.74) is 7.44. The van der Waals surface area contributed by atoms with Crippen LogP contribution in [0.15, 0.2) is 52.9 Å². The zero-order chi connectivity index (χ0) is 20.4. The lowest BCUT2D eigenvalue weighted by atomic mass is 9.94. The van der Waals surface area contributed by atoms with Gasteiger partial charge in [0.1, 0.15) is 29.0 Å². The van der Waals surface area contributed by atoms with E-state index in [1.165, 1.54) is 0 Å². The number of rotatable bonds is 7. The topological polar surface area (TPSA) is 119 Å². The van der Waals surface area contributed by atoms with Gasteiger partial charge in [0.25, 0.3) is 0 Å². The molecule has 0 radical (unpaired) electrons. The molecule has 1 aliphatic rings. The van der Waals surface area contributed by atoms with Crippen molar-refractivity contribution in [3.63, 3.8) is 0 Å². The molecule has 2 heterocycles. The molecule has 158 valence electrons. The second-order valence-electron chi connectivity index (χ2n) is 7.15. The van der Waals surface area contributed by atoms with Gasteiger partial charge in [-0.2, -0.15) is 0 Å². The number of hydrogen-bond acceptors (Lipinski definition) is 5.